The largest absolute Gasteiger partial charge is 0.316 e. The summed E-state index contributed by atoms with van der Waals surface area (Å²) in [7, 11) is -3.72. The number of sulfonamides is 1. The Hall–Kier alpha value is -1.40. The van der Waals surface area contributed by atoms with Crippen LogP contribution in [0.3, 0.4) is 0 Å². The number of benzene rings is 1. The number of hydrogen-bond acceptors (Lipinski definition) is 4. The number of carbonyl (C=O) groups excluding carboxylic acids is 1. The summed E-state index contributed by atoms with van der Waals surface area (Å²) in [5.41, 5.74) is 0. The molecule has 0 spiro atoms. The molecule has 19 heavy (non-hydrogen) atoms. The van der Waals surface area contributed by atoms with E-state index in [-0.39, 0.29) is 11.3 Å². The molecule has 1 atom stereocenters. The van der Waals surface area contributed by atoms with Gasteiger partial charge in [-0.3, -0.25) is 4.79 Å². The van der Waals surface area contributed by atoms with Crippen molar-refractivity contribution >= 4 is 15.9 Å². The molecule has 0 bridgehead atoms. The predicted molar refractivity (Wildman–Crippen MR) is 72.0 cm³/mol. The molecule has 5 nitrogen and oxygen atoms in total. The summed E-state index contributed by atoms with van der Waals surface area (Å²) in [5, 5.41) is 3.22. The van der Waals surface area contributed by atoms with Crippen molar-refractivity contribution in [2.45, 2.75) is 24.2 Å². The van der Waals surface area contributed by atoms with Gasteiger partial charge in [-0.05, 0) is 44.0 Å². The van der Waals surface area contributed by atoms with Gasteiger partial charge < -0.3 is 5.32 Å². The average Bonchev–Trinajstić information content (AvgIpc) is 2.90. The van der Waals surface area contributed by atoms with E-state index in [0.29, 0.717) is 5.92 Å². The fraction of sp³-hybridized carbons (Fsp3) is 0.462. The van der Waals surface area contributed by atoms with Gasteiger partial charge in [-0.1, -0.05) is 18.2 Å². The Balaban J connectivity index is 1.87. The van der Waals surface area contributed by atoms with Gasteiger partial charge in [-0.15, -0.1) is 0 Å². The quantitative estimate of drug-likeness (QED) is 0.840. The normalized spacial score (nSPS) is 19.3. The Bertz CT molecular complexity index is 522. The van der Waals surface area contributed by atoms with Crippen molar-refractivity contribution in [3.05, 3.63) is 30.3 Å². The van der Waals surface area contributed by atoms with E-state index in [1.807, 2.05) is 0 Å². The third-order valence-electron chi connectivity index (χ3n) is 3.24. The first-order valence-electron chi connectivity index (χ1n) is 6.39. The molecule has 0 radical (unpaired) electrons. The van der Waals surface area contributed by atoms with Gasteiger partial charge in [0.25, 0.3) is 10.0 Å². The maximum absolute atomic E-state index is 11.9. The summed E-state index contributed by atoms with van der Waals surface area (Å²) in [6, 6.07) is 7.92. The molecule has 1 unspecified atom stereocenters. The highest BCUT2D eigenvalue weighted by molar-refractivity contribution is 7.90. The molecule has 104 valence electrons. The lowest BCUT2D eigenvalue weighted by Crippen LogP contribution is -2.30. The number of hydrogen-bond donors (Lipinski definition) is 2. The Labute approximate surface area is 113 Å². The highest BCUT2D eigenvalue weighted by atomic mass is 32.2. The molecule has 0 saturated carbocycles. The molecule has 2 rings (SSSR count). The van der Waals surface area contributed by atoms with Crippen LogP contribution in [0.1, 0.15) is 19.3 Å². The first-order chi connectivity index (χ1) is 9.08. The highest BCUT2D eigenvalue weighted by Gasteiger charge is 2.19. The number of nitrogens with one attached hydrogen (secondary N) is 2. The summed E-state index contributed by atoms with van der Waals surface area (Å²) < 4.78 is 25.9. The number of carbonyl (C=O) groups is 1. The van der Waals surface area contributed by atoms with Crippen LogP contribution in [0.5, 0.6) is 0 Å². The second-order valence-corrected chi connectivity index (χ2v) is 6.42. The monoisotopic (exact) mass is 282 g/mol. The van der Waals surface area contributed by atoms with Gasteiger partial charge in [0.2, 0.25) is 5.91 Å². The lowest BCUT2D eigenvalue weighted by atomic mass is 10.0. The maximum Gasteiger partial charge on any atom is 0.264 e. The molecule has 0 aromatic heterocycles. The molecule has 2 N–H and O–H groups in total. The first-order valence-corrected chi connectivity index (χ1v) is 7.87. The Kier molecular flexibility index (Phi) is 4.55. The Morgan fingerprint density at radius 2 is 2.05 bits per heavy atom. The van der Waals surface area contributed by atoms with E-state index >= 15 is 0 Å². The van der Waals surface area contributed by atoms with E-state index in [1.165, 1.54) is 12.1 Å². The lowest BCUT2D eigenvalue weighted by Gasteiger charge is -2.09. The Morgan fingerprint density at radius 3 is 2.68 bits per heavy atom. The van der Waals surface area contributed by atoms with Gasteiger partial charge in [0.15, 0.2) is 0 Å². The maximum atomic E-state index is 11.9. The van der Waals surface area contributed by atoms with Crippen LogP contribution in [0.2, 0.25) is 0 Å². The molecule has 1 aromatic carbocycles. The second kappa shape index (κ2) is 6.16. The van der Waals surface area contributed by atoms with Crippen LogP contribution in [0.25, 0.3) is 0 Å². The standard InChI is InChI=1S/C13H18N2O3S/c16-13(7-6-11-8-9-14-10-11)15-19(17,18)12-4-2-1-3-5-12/h1-5,11,14H,6-10H2,(H,15,16). The van der Waals surface area contributed by atoms with Crippen LogP contribution in [-0.4, -0.2) is 27.4 Å². The molecule has 1 heterocycles. The van der Waals surface area contributed by atoms with Gasteiger partial charge in [-0.2, -0.15) is 0 Å². The number of amides is 1. The van der Waals surface area contributed by atoms with E-state index in [0.717, 1.165) is 25.9 Å². The van der Waals surface area contributed by atoms with Gasteiger partial charge in [0.1, 0.15) is 0 Å². The predicted octanol–water partition coefficient (Wildman–Crippen LogP) is 0.881. The highest BCUT2D eigenvalue weighted by Crippen LogP contribution is 2.14. The lowest BCUT2D eigenvalue weighted by molar-refractivity contribution is -0.119. The number of rotatable bonds is 5. The molecule has 0 aliphatic carbocycles. The average molecular weight is 282 g/mol. The summed E-state index contributed by atoms with van der Waals surface area (Å²) >= 11 is 0. The third-order valence-corrected chi connectivity index (χ3v) is 4.63. The Morgan fingerprint density at radius 1 is 1.32 bits per heavy atom. The second-order valence-electron chi connectivity index (χ2n) is 4.74. The van der Waals surface area contributed by atoms with Crippen molar-refractivity contribution in [3.8, 4) is 0 Å². The van der Waals surface area contributed by atoms with Crippen molar-refractivity contribution in [1.29, 1.82) is 0 Å². The molecule has 1 aromatic rings. The van der Waals surface area contributed by atoms with E-state index in [9.17, 15) is 13.2 Å². The molecule has 1 amide bonds. The van der Waals surface area contributed by atoms with Gasteiger partial charge in [0, 0.05) is 6.42 Å². The molecular weight excluding hydrogens is 264 g/mol. The fourth-order valence-electron chi connectivity index (χ4n) is 2.16. The zero-order valence-corrected chi connectivity index (χ0v) is 11.4. The van der Waals surface area contributed by atoms with Gasteiger partial charge in [-0.25, -0.2) is 13.1 Å². The molecular formula is C13H18N2O3S. The van der Waals surface area contributed by atoms with Crippen molar-refractivity contribution in [2.75, 3.05) is 13.1 Å². The smallest absolute Gasteiger partial charge is 0.264 e. The van der Waals surface area contributed by atoms with E-state index in [1.54, 1.807) is 18.2 Å². The summed E-state index contributed by atoms with van der Waals surface area (Å²) in [4.78, 5) is 11.8. The minimum atomic E-state index is -3.72. The van der Waals surface area contributed by atoms with Crippen LogP contribution >= 0.6 is 0 Å². The van der Waals surface area contributed by atoms with Crippen molar-refractivity contribution in [3.63, 3.8) is 0 Å². The van der Waals surface area contributed by atoms with Crippen LogP contribution in [0, 0.1) is 5.92 Å². The minimum Gasteiger partial charge on any atom is -0.316 e. The van der Waals surface area contributed by atoms with E-state index in [2.05, 4.69) is 10.0 Å². The van der Waals surface area contributed by atoms with Gasteiger partial charge in [0.05, 0.1) is 4.90 Å². The molecule has 6 heteroatoms. The van der Waals surface area contributed by atoms with Crippen molar-refractivity contribution < 1.29 is 13.2 Å². The third kappa shape index (κ3) is 4.04. The summed E-state index contributed by atoms with van der Waals surface area (Å²) in [6.45, 7) is 1.90. The zero-order valence-electron chi connectivity index (χ0n) is 10.6. The summed E-state index contributed by atoms with van der Waals surface area (Å²) in [6.07, 6.45) is 2.03. The van der Waals surface area contributed by atoms with Crippen LogP contribution < -0.4 is 10.0 Å². The van der Waals surface area contributed by atoms with Crippen LogP contribution in [-0.2, 0) is 14.8 Å². The van der Waals surface area contributed by atoms with Crippen molar-refractivity contribution in [2.24, 2.45) is 5.92 Å². The topological polar surface area (TPSA) is 75.3 Å². The molecule has 1 aliphatic rings. The first kappa shape index (κ1) is 14.0. The minimum absolute atomic E-state index is 0.117. The van der Waals surface area contributed by atoms with E-state index < -0.39 is 15.9 Å². The fourth-order valence-corrected chi connectivity index (χ4v) is 3.19. The zero-order chi connectivity index (χ0) is 13.7. The van der Waals surface area contributed by atoms with Crippen LogP contribution in [0.4, 0.5) is 0 Å². The SMILES string of the molecule is O=C(CCC1CCNC1)NS(=O)(=O)c1ccccc1. The summed E-state index contributed by atoms with van der Waals surface area (Å²) in [5.74, 6) is 0.0425. The van der Waals surface area contributed by atoms with Crippen LogP contribution in [0.15, 0.2) is 35.2 Å². The van der Waals surface area contributed by atoms with Crippen molar-refractivity contribution in [1.82, 2.24) is 10.0 Å². The van der Waals surface area contributed by atoms with E-state index in [4.69, 9.17) is 0 Å². The molecule has 1 aliphatic heterocycles. The molecule has 1 fully saturated rings. The molecule has 1 saturated heterocycles. The van der Waals surface area contributed by atoms with Gasteiger partial charge >= 0.3 is 0 Å².